The maximum absolute atomic E-state index is 12.7. The van der Waals surface area contributed by atoms with Crippen molar-refractivity contribution in [3.05, 3.63) is 0 Å². The van der Waals surface area contributed by atoms with E-state index in [0.717, 1.165) is 31.8 Å². The molecule has 0 aromatic heterocycles. The third-order valence-corrected chi connectivity index (χ3v) is 5.18. The summed E-state index contributed by atoms with van der Waals surface area (Å²) in [5, 5.41) is 0. The number of hydrogen-bond acceptors (Lipinski definition) is 2. The predicted molar refractivity (Wildman–Crippen MR) is 83.9 cm³/mol. The molecule has 1 aliphatic heterocycles. The van der Waals surface area contributed by atoms with Gasteiger partial charge < -0.3 is 10.6 Å². The first-order chi connectivity index (χ1) is 8.82. The van der Waals surface area contributed by atoms with Crippen LogP contribution in [0, 0.1) is 17.3 Å². The number of amides is 1. The molecule has 3 nitrogen and oxygen atoms in total. The standard InChI is InChI=1S/C15H28N2OS/c1-5-15(4,13(16)19)14(18)17-9-6-7-12(8-10-17)11(2)3/h11-12H,5-10H2,1-4H3,(H2,16,19). The van der Waals surface area contributed by atoms with Gasteiger partial charge in [-0.15, -0.1) is 0 Å². The number of carbonyl (C=O) groups is 1. The van der Waals surface area contributed by atoms with Gasteiger partial charge in [-0.25, -0.2) is 0 Å². The molecule has 0 aromatic carbocycles. The second-order valence-electron chi connectivity index (χ2n) is 6.28. The smallest absolute Gasteiger partial charge is 0.235 e. The second-order valence-corrected chi connectivity index (χ2v) is 6.72. The van der Waals surface area contributed by atoms with Crippen LogP contribution in [0.5, 0.6) is 0 Å². The molecule has 0 aliphatic carbocycles. The lowest BCUT2D eigenvalue weighted by atomic mass is 9.85. The summed E-state index contributed by atoms with van der Waals surface area (Å²) in [5.41, 5.74) is 5.11. The minimum atomic E-state index is -0.674. The quantitative estimate of drug-likeness (QED) is 0.807. The Morgan fingerprint density at radius 1 is 1.42 bits per heavy atom. The molecular weight excluding hydrogens is 256 g/mol. The Morgan fingerprint density at radius 2 is 2.05 bits per heavy atom. The summed E-state index contributed by atoms with van der Waals surface area (Å²) < 4.78 is 0. The molecule has 0 radical (unpaired) electrons. The van der Waals surface area contributed by atoms with E-state index < -0.39 is 5.41 Å². The van der Waals surface area contributed by atoms with E-state index in [1.807, 2.05) is 18.7 Å². The zero-order chi connectivity index (χ0) is 14.6. The maximum Gasteiger partial charge on any atom is 0.235 e. The molecule has 0 saturated carbocycles. The fourth-order valence-corrected chi connectivity index (χ4v) is 3.00. The third-order valence-electron chi connectivity index (χ3n) is 4.73. The molecule has 19 heavy (non-hydrogen) atoms. The molecule has 2 unspecified atom stereocenters. The second kappa shape index (κ2) is 6.69. The number of nitrogens with two attached hydrogens (primary N) is 1. The van der Waals surface area contributed by atoms with Crippen molar-refractivity contribution in [3.8, 4) is 0 Å². The zero-order valence-corrected chi connectivity index (χ0v) is 13.6. The Balaban J connectivity index is 2.75. The molecule has 1 amide bonds. The van der Waals surface area contributed by atoms with Crippen LogP contribution in [0.2, 0.25) is 0 Å². The first kappa shape index (κ1) is 16.4. The first-order valence-corrected chi connectivity index (χ1v) is 7.83. The molecule has 2 atom stereocenters. The highest BCUT2D eigenvalue weighted by Crippen LogP contribution is 2.29. The van der Waals surface area contributed by atoms with Gasteiger partial charge in [-0.3, -0.25) is 4.79 Å². The van der Waals surface area contributed by atoms with Gasteiger partial charge in [-0.1, -0.05) is 33.0 Å². The molecule has 1 aliphatic rings. The number of hydrogen-bond donors (Lipinski definition) is 1. The van der Waals surface area contributed by atoms with Crippen LogP contribution in [0.1, 0.15) is 53.4 Å². The largest absolute Gasteiger partial charge is 0.392 e. The van der Waals surface area contributed by atoms with Crippen LogP contribution >= 0.6 is 12.2 Å². The topological polar surface area (TPSA) is 46.3 Å². The van der Waals surface area contributed by atoms with Crippen molar-refractivity contribution < 1.29 is 4.79 Å². The first-order valence-electron chi connectivity index (χ1n) is 7.42. The summed E-state index contributed by atoms with van der Waals surface area (Å²) in [4.78, 5) is 15.0. The van der Waals surface area contributed by atoms with Crippen molar-refractivity contribution in [1.29, 1.82) is 0 Å². The van der Waals surface area contributed by atoms with E-state index in [1.54, 1.807) is 0 Å². The van der Waals surface area contributed by atoms with Crippen LogP contribution in [-0.2, 0) is 4.79 Å². The van der Waals surface area contributed by atoms with Gasteiger partial charge in [0, 0.05) is 13.1 Å². The normalized spacial score (nSPS) is 23.8. The van der Waals surface area contributed by atoms with E-state index in [0.29, 0.717) is 17.3 Å². The van der Waals surface area contributed by atoms with Gasteiger partial charge >= 0.3 is 0 Å². The van der Waals surface area contributed by atoms with Crippen LogP contribution in [0.4, 0.5) is 0 Å². The molecule has 1 saturated heterocycles. The van der Waals surface area contributed by atoms with Crippen LogP contribution in [0.3, 0.4) is 0 Å². The molecular formula is C15H28N2OS. The van der Waals surface area contributed by atoms with Crippen molar-refractivity contribution >= 4 is 23.1 Å². The molecule has 0 aromatic rings. The van der Waals surface area contributed by atoms with E-state index in [4.69, 9.17) is 18.0 Å². The van der Waals surface area contributed by atoms with Crippen molar-refractivity contribution in [3.63, 3.8) is 0 Å². The van der Waals surface area contributed by atoms with Gasteiger partial charge in [0.1, 0.15) is 0 Å². The SMILES string of the molecule is CCC(C)(C(=O)N1CCCC(C(C)C)CC1)C(N)=S. The minimum absolute atomic E-state index is 0.118. The molecule has 4 heteroatoms. The van der Waals surface area contributed by atoms with Crippen molar-refractivity contribution in [2.24, 2.45) is 23.0 Å². The molecule has 110 valence electrons. The molecule has 1 rings (SSSR count). The van der Waals surface area contributed by atoms with Crippen LogP contribution in [-0.4, -0.2) is 28.9 Å². The van der Waals surface area contributed by atoms with Gasteiger partial charge in [0.2, 0.25) is 5.91 Å². The van der Waals surface area contributed by atoms with Gasteiger partial charge in [-0.2, -0.15) is 0 Å². The number of likely N-dealkylation sites (tertiary alicyclic amines) is 1. The lowest BCUT2D eigenvalue weighted by molar-refractivity contribution is -0.137. The Morgan fingerprint density at radius 3 is 2.53 bits per heavy atom. The van der Waals surface area contributed by atoms with Gasteiger partial charge in [0.25, 0.3) is 0 Å². The zero-order valence-electron chi connectivity index (χ0n) is 12.7. The fourth-order valence-electron chi connectivity index (χ4n) is 2.77. The molecule has 1 fully saturated rings. The molecule has 1 heterocycles. The van der Waals surface area contributed by atoms with E-state index in [2.05, 4.69) is 13.8 Å². The lowest BCUT2D eigenvalue weighted by Crippen LogP contribution is -2.49. The molecule has 0 spiro atoms. The fraction of sp³-hybridized carbons (Fsp3) is 0.867. The van der Waals surface area contributed by atoms with E-state index in [-0.39, 0.29) is 5.91 Å². The van der Waals surface area contributed by atoms with Crippen molar-refractivity contribution in [1.82, 2.24) is 4.90 Å². The van der Waals surface area contributed by atoms with Crippen molar-refractivity contribution in [2.75, 3.05) is 13.1 Å². The Kier molecular flexibility index (Phi) is 5.78. The summed E-state index contributed by atoms with van der Waals surface area (Å²) in [6, 6.07) is 0. The minimum Gasteiger partial charge on any atom is -0.392 e. The average molecular weight is 284 g/mol. The van der Waals surface area contributed by atoms with E-state index in [9.17, 15) is 4.79 Å². The summed E-state index contributed by atoms with van der Waals surface area (Å²) in [7, 11) is 0. The van der Waals surface area contributed by atoms with Crippen molar-refractivity contribution in [2.45, 2.75) is 53.4 Å². The average Bonchev–Trinajstić information content (AvgIpc) is 2.62. The monoisotopic (exact) mass is 284 g/mol. The van der Waals surface area contributed by atoms with Crippen LogP contribution in [0.15, 0.2) is 0 Å². The van der Waals surface area contributed by atoms with Crippen LogP contribution < -0.4 is 5.73 Å². The molecule has 0 bridgehead atoms. The number of nitrogens with zero attached hydrogens (tertiary/aromatic N) is 1. The summed E-state index contributed by atoms with van der Waals surface area (Å²) in [6.07, 6.45) is 4.08. The highest BCUT2D eigenvalue weighted by molar-refractivity contribution is 7.80. The van der Waals surface area contributed by atoms with E-state index >= 15 is 0 Å². The van der Waals surface area contributed by atoms with Gasteiger partial charge in [0.05, 0.1) is 10.4 Å². The number of thiocarbonyl (C=S) groups is 1. The van der Waals surface area contributed by atoms with Crippen LogP contribution in [0.25, 0.3) is 0 Å². The third kappa shape index (κ3) is 3.68. The summed E-state index contributed by atoms with van der Waals surface area (Å²) in [5.74, 6) is 1.55. The summed E-state index contributed by atoms with van der Waals surface area (Å²) in [6.45, 7) is 10.1. The van der Waals surface area contributed by atoms with E-state index in [1.165, 1.54) is 6.42 Å². The Labute approximate surface area is 122 Å². The highest BCUT2D eigenvalue weighted by atomic mass is 32.1. The molecule has 2 N–H and O–H groups in total. The van der Waals surface area contributed by atoms with Gasteiger partial charge in [-0.05, 0) is 44.4 Å². The summed E-state index contributed by atoms with van der Waals surface area (Å²) >= 11 is 5.10. The Bertz CT molecular complexity index is 343. The number of carbonyl (C=O) groups excluding carboxylic acids is 1. The number of rotatable bonds is 4. The maximum atomic E-state index is 12.7. The highest BCUT2D eigenvalue weighted by Gasteiger charge is 2.38. The lowest BCUT2D eigenvalue weighted by Gasteiger charge is -2.32. The predicted octanol–water partition coefficient (Wildman–Crippen LogP) is 2.97. The Hall–Kier alpha value is -0.640. The van der Waals surface area contributed by atoms with Gasteiger partial charge in [0.15, 0.2) is 0 Å².